The molecule has 0 aliphatic rings. The van der Waals surface area contributed by atoms with Gasteiger partial charge in [-0.2, -0.15) is 0 Å². The van der Waals surface area contributed by atoms with Crippen molar-refractivity contribution in [2.45, 2.75) is 6.61 Å². The van der Waals surface area contributed by atoms with Crippen LogP contribution >= 0.6 is 31.9 Å². The maximum atomic E-state index is 13.6. The molecular formula is C14H10Br2FNO2. The number of anilines is 1. The van der Waals surface area contributed by atoms with Gasteiger partial charge in [-0.3, -0.25) is 0 Å². The third-order valence-corrected chi connectivity index (χ3v) is 3.77. The Labute approximate surface area is 132 Å². The van der Waals surface area contributed by atoms with Gasteiger partial charge in [-0.1, -0.05) is 22.0 Å². The van der Waals surface area contributed by atoms with Crippen LogP contribution in [0.1, 0.15) is 15.9 Å². The standard InChI is InChI=1S/C14H10Br2FNO2/c15-9-2-1-8(13(17)5-9)7-20-14(19)11-6-10(18)3-4-12(11)16/h1-6H,7,18H2. The van der Waals surface area contributed by atoms with Crippen molar-refractivity contribution in [2.24, 2.45) is 0 Å². The van der Waals surface area contributed by atoms with Gasteiger partial charge in [0, 0.05) is 20.2 Å². The number of esters is 1. The second-order valence-corrected chi connectivity index (χ2v) is 5.82. The average molecular weight is 403 g/mol. The van der Waals surface area contributed by atoms with Gasteiger partial charge in [0.05, 0.1) is 5.56 Å². The lowest BCUT2D eigenvalue weighted by Gasteiger charge is -2.08. The fourth-order valence-electron chi connectivity index (χ4n) is 1.56. The van der Waals surface area contributed by atoms with E-state index in [9.17, 15) is 9.18 Å². The molecule has 2 rings (SSSR count). The van der Waals surface area contributed by atoms with Gasteiger partial charge in [0.1, 0.15) is 12.4 Å². The summed E-state index contributed by atoms with van der Waals surface area (Å²) in [5, 5.41) is 0. The van der Waals surface area contributed by atoms with Crippen LogP contribution in [0.3, 0.4) is 0 Å². The van der Waals surface area contributed by atoms with Crippen LogP contribution in [0.25, 0.3) is 0 Å². The molecule has 6 heteroatoms. The van der Waals surface area contributed by atoms with Crippen molar-refractivity contribution in [2.75, 3.05) is 5.73 Å². The van der Waals surface area contributed by atoms with Crippen LogP contribution in [-0.4, -0.2) is 5.97 Å². The molecule has 0 aromatic heterocycles. The van der Waals surface area contributed by atoms with Gasteiger partial charge in [0.15, 0.2) is 0 Å². The number of hydrogen-bond acceptors (Lipinski definition) is 3. The Morgan fingerprint density at radius 2 is 1.95 bits per heavy atom. The molecule has 0 aliphatic carbocycles. The Kier molecular flexibility index (Phi) is 4.77. The third-order valence-electron chi connectivity index (χ3n) is 2.58. The molecule has 3 nitrogen and oxygen atoms in total. The third kappa shape index (κ3) is 3.58. The summed E-state index contributed by atoms with van der Waals surface area (Å²) in [6.07, 6.45) is 0. The minimum atomic E-state index is -0.563. The maximum absolute atomic E-state index is 13.6. The number of halogens is 3. The summed E-state index contributed by atoms with van der Waals surface area (Å²) in [5.41, 5.74) is 6.69. The van der Waals surface area contributed by atoms with E-state index in [-0.39, 0.29) is 6.61 Å². The van der Waals surface area contributed by atoms with E-state index in [0.29, 0.717) is 25.8 Å². The van der Waals surface area contributed by atoms with Crippen LogP contribution in [0, 0.1) is 5.82 Å². The van der Waals surface area contributed by atoms with E-state index in [0.717, 1.165) is 0 Å². The Balaban J connectivity index is 2.10. The Morgan fingerprint density at radius 1 is 1.20 bits per heavy atom. The molecule has 104 valence electrons. The molecule has 2 N–H and O–H groups in total. The van der Waals surface area contributed by atoms with E-state index < -0.39 is 11.8 Å². The fourth-order valence-corrected chi connectivity index (χ4v) is 2.30. The quantitative estimate of drug-likeness (QED) is 0.615. The average Bonchev–Trinajstić information content (AvgIpc) is 2.40. The number of benzene rings is 2. The number of carbonyl (C=O) groups excluding carboxylic acids is 1. The van der Waals surface area contributed by atoms with Crippen LogP contribution in [0.5, 0.6) is 0 Å². The van der Waals surface area contributed by atoms with Crippen LogP contribution in [-0.2, 0) is 11.3 Å². The Bertz CT molecular complexity index is 662. The van der Waals surface area contributed by atoms with E-state index in [1.807, 2.05) is 0 Å². The van der Waals surface area contributed by atoms with E-state index >= 15 is 0 Å². The molecule has 0 saturated heterocycles. The number of ether oxygens (including phenoxy) is 1. The SMILES string of the molecule is Nc1ccc(Br)c(C(=O)OCc2ccc(Br)cc2F)c1. The first-order chi connectivity index (χ1) is 9.47. The normalized spacial score (nSPS) is 10.3. The first-order valence-electron chi connectivity index (χ1n) is 5.63. The number of hydrogen-bond donors (Lipinski definition) is 1. The summed E-state index contributed by atoms with van der Waals surface area (Å²) >= 11 is 6.41. The lowest BCUT2D eigenvalue weighted by molar-refractivity contribution is 0.0468. The first-order valence-corrected chi connectivity index (χ1v) is 7.22. The molecule has 2 aromatic rings. The molecule has 0 atom stereocenters. The maximum Gasteiger partial charge on any atom is 0.339 e. The molecule has 0 bridgehead atoms. The van der Waals surface area contributed by atoms with Crippen LogP contribution in [0.15, 0.2) is 45.3 Å². The molecule has 2 aromatic carbocycles. The van der Waals surface area contributed by atoms with Crippen molar-refractivity contribution in [3.05, 3.63) is 62.3 Å². The number of nitrogen functional groups attached to an aromatic ring is 1. The van der Waals surface area contributed by atoms with Gasteiger partial charge >= 0.3 is 5.97 Å². The van der Waals surface area contributed by atoms with Crippen molar-refractivity contribution in [3.8, 4) is 0 Å². The molecule has 0 saturated carbocycles. The molecule has 0 unspecified atom stereocenters. The van der Waals surface area contributed by atoms with Gasteiger partial charge in [-0.25, -0.2) is 9.18 Å². The zero-order valence-electron chi connectivity index (χ0n) is 10.2. The summed E-state index contributed by atoms with van der Waals surface area (Å²) in [5.74, 6) is -0.995. The predicted octanol–water partition coefficient (Wildman–Crippen LogP) is 4.29. The topological polar surface area (TPSA) is 52.3 Å². The largest absolute Gasteiger partial charge is 0.457 e. The van der Waals surface area contributed by atoms with Crippen molar-refractivity contribution >= 4 is 43.5 Å². The predicted molar refractivity (Wildman–Crippen MR) is 81.8 cm³/mol. The molecule has 0 spiro atoms. The second-order valence-electron chi connectivity index (χ2n) is 4.05. The van der Waals surface area contributed by atoms with E-state index in [2.05, 4.69) is 31.9 Å². The van der Waals surface area contributed by atoms with Crippen molar-refractivity contribution in [3.63, 3.8) is 0 Å². The Morgan fingerprint density at radius 3 is 2.65 bits per heavy atom. The van der Waals surface area contributed by atoms with Gasteiger partial charge in [-0.05, 0) is 46.3 Å². The zero-order chi connectivity index (χ0) is 14.7. The molecule has 0 heterocycles. The summed E-state index contributed by atoms with van der Waals surface area (Å²) in [4.78, 5) is 11.9. The monoisotopic (exact) mass is 401 g/mol. The summed E-state index contributed by atoms with van der Waals surface area (Å²) in [7, 11) is 0. The summed E-state index contributed by atoms with van der Waals surface area (Å²) < 4.78 is 19.9. The van der Waals surface area contributed by atoms with E-state index in [4.69, 9.17) is 10.5 Å². The highest BCUT2D eigenvalue weighted by Gasteiger charge is 2.13. The minimum Gasteiger partial charge on any atom is -0.457 e. The van der Waals surface area contributed by atoms with E-state index in [1.165, 1.54) is 12.1 Å². The van der Waals surface area contributed by atoms with Crippen LogP contribution in [0.2, 0.25) is 0 Å². The van der Waals surface area contributed by atoms with Crippen molar-refractivity contribution in [1.29, 1.82) is 0 Å². The van der Waals surface area contributed by atoms with Gasteiger partial charge in [0.2, 0.25) is 0 Å². The summed E-state index contributed by atoms with van der Waals surface area (Å²) in [6.45, 7) is -0.140. The second kappa shape index (κ2) is 6.37. The molecule has 0 aliphatic heterocycles. The zero-order valence-corrected chi connectivity index (χ0v) is 13.4. The lowest BCUT2D eigenvalue weighted by atomic mass is 10.2. The lowest BCUT2D eigenvalue weighted by Crippen LogP contribution is -2.07. The minimum absolute atomic E-state index is 0.140. The highest BCUT2D eigenvalue weighted by molar-refractivity contribution is 9.10. The van der Waals surface area contributed by atoms with Crippen LogP contribution < -0.4 is 5.73 Å². The molecule has 0 amide bonds. The fraction of sp³-hybridized carbons (Fsp3) is 0.0714. The molecule has 0 radical (unpaired) electrons. The molecule has 0 fully saturated rings. The smallest absolute Gasteiger partial charge is 0.339 e. The van der Waals surface area contributed by atoms with Crippen LogP contribution in [0.4, 0.5) is 10.1 Å². The first kappa shape index (κ1) is 15.0. The molecular weight excluding hydrogens is 393 g/mol. The number of carbonyl (C=O) groups is 1. The van der Waals surface area contributed by atoms with Crippen molar-refractivity contribution < 1.29 is 13.9 Å². The van der Waals surface area contributed by atoms with Gasteiger partial charge in [0.25, 0.3) is 0 Å². The Hall–Kier alpha value is -1.40. The summed E-state index contributed by atoms with van der Waals surface area (Å²) in [6, 6.07) is 9.38. The number of rotatable bonds is 3. The van der Waals surface area contributed by atoms with Crippen molar-refractivity contribution in [1.82, 2.24) is 0 Å². The highest BCUT2D eigenvalue weighted by Crippen LogP contribution is 2.21. The van der Waals surface area contributed by atoms with E-state index in [1.54, 1.807) is 24.3 Å². The molecule has 20 heavy (non-hydrogen) atoms. The number of nitrogens with two attached hydrogens (primary N) is 1. The highest BCUT2D eigenvalue weighted by atomic mass is 79.9. The van der Waals surface area contributed by atoms with Gasteiger partial charge < -0.3 is 10.5 Å². The van der Waals surface area contributed by atoms with Gasteiger partial charge in [-0.15, -0.1) is 0 Å².